The topological polar surface area (TPSA) is 43.4 Å². The van der Waals surface area contributed by atoms with Crippen LogP contribution in [0.2, 0.25) is 0 Å². The predicted octanol–water partition coefficient (Wildman–Crippen LogP) is 7.39. The molecule has 0 N–H and O–H groups in total. The molecule has 0 aliphatic heterocycles. The molecule has 0 spiro atoms. The number of fused-ring (bicyclic) bond motifs is 7. The average molecular weight is 469 g/mol. The van der Waals surface area contributed by atoms with Gasteiger partial charge in [0.25, 0.3) is 0 Å². The van der Waals surface area contributed by atoms with E-state index in [1.54, 1.807) is 7.11 Å². The Morgan fingerprint density at radius 2 is 1.59 bits per heavy atom. The molecule has 0 amide bonds. The van der Waals surface area contributed by atoms with Crippen LogP contribution >= 0.6 is 0 Å². The fraction of sp³-hybridized carbons (Fsp3) is 0.871. The molecule has 0 aromatic heterocycles. The molecule has 5 aliphatic rings. The van der Waals surface area contributed by atoms with Crippen molar-refractivity contribution < 1.29 is 14.3 Å². The number of Topliss-reactive ketones (excluding diaryl/α,β-unsaturated/α-hetero) is 1. The molecule has 0 heterocycles. The van der Waals surface area contributed by atoms with Gasteiger partial charge in [0.2, 0.25) is 0 Å². The first-order valence-electron chi connectivity index (χ1n) is 14.1. The fourth-order valence-corrected chi connectivity index (χ4v) is 11.5. The van der Waals surface area contributed by atoms with Crippen LogP contribution < -0.4 is 0 Å². The van der Waals surface area contributed by atoms with Crippen molar-refractivity contribution in [3.05, 3.63) is 12.2 Å². The van der Waals surface area contributed by atoms with E-state index >= 15 is 0 Å². The smallest absolute Gasteiger partial charge is 0.312 e. The molecule has 5 fully saturated rings. The lowest BCUT2D eigenvalue weighted by molar-refractivity contribution is -0.235. The molecular weight excluding hydrogens is 420 g/mol. The normalized spacial score (nSPS) is 51.5. The first kappa shape index (κ1) is 24.6. The lowest BCUT2D eigenvalue weighted by atomic mass is 9.32. The molecule has 190 valence electrons. The number of methoxy groups -OCH3 is 1. The third-order valence-electron chi connectivity index (χ3n) is 13.4. The van der Waals surface area contributed by atoms with Crippen molar-refractivity contribution in [1.82, 2.24) is 0 Å². The van der Waals surface area contributed by atoms with E-state index in [0.29, 0.717) is 35.4 Å². The van der Waals surface area contributed by atoms with E-state index in [9.17, 15) is 9.59 Å². The van der Waals surface area contributed by atoms with Gasteiger partial charge in [0, 0.05) is 11.8 Å². The van der Waals surface area contributed by atoms with E-state index in [0.717, 1.165) is 38.5 Å². The quantitative estimate of drug-likeness (QED) is 0.313. The molecule has 5 aliphatic carbocycles. The van der Waals surface area contributed by atoms with Gasteiger partial charge in [0.1, 0.15) is 5.78 Å². The number of ketones is 1. The Bertz CT molecular complexity index is 918. The first-order chi connectivity index (χ1) is 15.8. The van der Waals surface area contributed by atoms with E-state index in [4.69, 9.17) is 4.74 Å². The molecule has 0 bridgehead atoms. The number of carbonyl (C=O) groups is 2. The summed E-state index contributed by atoms with van der Waals surface area (Å²) in [6.45, 7) is 18.8. The van der Waals surface area contributed by atoms with E-state index in [1.165, 1.54) is 31.3 Å². The standard InChI is InChI=1S/C31H48O3/c1-19(2)20-11-16-31(26(33)34-8)18-17-29(6)21(25(20)31)9-10-23-28(5)14-13-24(32)27(3,4)22(28)12-15-30(23,29)7/h20-23,25H,1,9-18H2,2-8H3. The van der Waals surface area contributed by atoms with E-state index in [2.05, 4.69) is 48.1 Å². The summed E-state index contributed by atoms with van der Waals surface area (Å²) in [5, 5.41) is 0. The van der Waals surface area contributed by atoms with Crippen LogP contribution in [0.25, 0.3) is 0 Å². The van der Waals surface area contributed by atoms with Crippen molar-refractivity contribution in [2.75, 3.05) is 7.11 Å². The van der Waals surface area contributed by atoms with Crippen molar-refractivity contribution >= 4 is 11.8 Å². The van der Waals surface area contributed by atoms with Crippen molar-refractivity contribution in [2.45, 2.75) is 106 Å². The summed E-state index contributed by atoms with van der Waals surface area (Å²) in [4.78, 5) is 26.3. The van der Waals surface area contributed by atoms with Crippen molar-refractivity contribution in [3.63, 3.8) is 0 Å². The van der Waals surface area contributed by atoms with Gasteiger partial charge in [-0.1, -0.05) is 46.8 Å². The zero-order valence-corrected chi connectivity index (χ0v) is 22.9. The molecule has 5 saturated carbocycles. The Balaban J connectivity index is 1.57. The van der Waals surface area contributed by atoms with Crippen LogP contribution in [0, 0.1) is 56.7 Å². The number of rotatable bonds is 2. The second-order valence-electron chi connectivity index (χ2n) is 14.5. The van der Waals surface area contributed by atoms with Crippen LogP contribution in [-0.2, 0) is 14.3 Å². The fourth-order valence-electron chi connectivity index (χ4n) is 11.5. The van der Waals surface area contributed by atoms with E-state index in [1.807, 2.05) is 0 Å². The number of carbonyl (C=O) groups excluding carboxylic acids is 2. The largest absolute Gasteiger partial charge is 0.469 e. The van der Waals surface area contributed by atoms with E-state index in [-0.39, 0.29) is 33.0 Å². The van der Waals surface area contributed by atoms with Crippen molar-refractivity contribution in [1.29, 1.82) is 0 Å². The maximum Gasteiger partial charge on any atom is 0.312 e. The Kier molecular flexibility index (Phi) is 5.38. The molecule has 0 aromatic rings. The summed E-state index contributed by atoms with van der Waals surface area (Å²) in [6, 6.07) is 0. The summed E-state index contributed by atoms with van der Waals surface area (Å²) >= 11 is 0. The van der Waals surface area contributed by atoms with Crippen LogP contribution in [0.5, 0.6) is 0 Å². The number of hydrogen-bond acceptors (Lipinski definition) is 3. The summed E-state index contributed by atoms with van der Waals surface area (Å²) < 4.78 is 5.49. The van der Waals surface area contributed by atoms with Gasteiger partial charge in [0.15, 0.2) is 0 Å². The molecule has 5 rings (SSSR count). The highest BCUT2D eigenvalue weighted by Gasteiger charge is 2.72. The Labute approximate surface area is 207 Å². The third-order valence-corrected chi connectivity index (χ3v) is 13.4. The van der Waals surface area contributed by atoms with Crippen LogP contribution in [0.4, 0.5) is 0 Å². The van der Waals surface area contributed by atoms with Crippen LogP contribution in [0.15, 0.2) is 12.2 Å². The summed E-state index contributed by atoms with van der Waals surface area (Å²) in [7, 11) is 1.59. The number of hydrogen-bond donors (Lipinski definition) is 0. The predicted molar refractivity (Wildman–Crippen MR) is 136 cm³/mol. The minimum absolute atomic E-state index is 0.0405. The van der Waals surface area contributed by atoms with Crippen molar-refractivity contribution in [2.24, 2.45) is 56.7 Å². The van der Waals surface area contributed by atoms with Gasteiger partial charge < -0.3 is 4.74 Å². The van der Waals surface area contributed by atoms with Gasteiger partial charge in [-0.05, 0) is 111 Å². The summed E-state index contributed by atoms with van der Waals surface area (Å²) in [6.07, 6.45) is 10.8. The monoisotopic (exact) mass is 468 g/mol. The van der Waals surface area contributed by atoms with Gasteiger partial charge >= 0.3 is 5.97 Å². The molecule has 0 aromatic carbocycles. The van der Waals surface area contributed by atoms with Crippen LogP contribution in [0.3, 0.4) is 0 Å². The lowest BCUT2D eigenvalue weighted by Gasteiger charge is -2.72. The number of ether oxygens (including phenoxy) is 1. The van der Waals surface area contributed by atoms with Gasteiger partial charge in [-0.15, -0.1) is 0 Å². The molecule has 34 heavy (non-hydrogen) atoms. The molecule has 9 atom stereocenters. The summed E-state index contributed by atoms with van der Waals surface area (Å²) in [5.74, 6) is 3.01. The average Bonchev–Trinajstić information content (AvgIpc) is 3.18. The highest BCUT2D eigenvalue weighted by atomic mass is 16.5. The van der Waals surface area contributed by atoms with Crippen LogP contribution in [-0.4, -0.2) is 18.9 Å². The highest BCUT2D eigenvalue weighted by Crippen LogP contribution is 2.77. The first-order valence-corrected chi connectivity index (χ1v) is 14.1. The number of esters is 1. The molecular formula is C31H48O3. The van der Waals surface area contributed by atoms with Gasteiger partial charge in [-0.25, -0.2) is 0 Å². The zero-order chi connectivity index (χ0) is 24.9. The zero-order valence-electron chi connectivity index (χ0n) is 22.9. The molecule has 3 heteroatoms. The number of allylic oxidation sites excluding steroid dienone is 1. The van der Waals surface area contributed by atoms with Gasteiger partial charge in [0.05, 0.1) is 12.5 Å². The molecule has 0 radical (unpaired) electrons. The maximum absolute atomic E-state index is 13.3. The minimum Gasteiger partial charge on any atom is -0.469 e. The lowest BCUT2D eigenvalue weighted by Crippen LogP contribution is -2.66. The maximum atomic E-state index is 13.3. The Hall–Kier alpha value is -1.12. The van der Waals surface area contributed by atoms with Crippen LogP contribution in [0.1, 0.15) is 106 Å². The minimum atomic E-state index is -0.313. The van der Waals surface area contributed by atoms with Crippen molar-refractivity contribution in [3.8, 4) is 0 Å². The molecule has 9 unspecified atom stereocenters. The SMILES string of the molecule is C=C(C)C1CCC2(C(=O)OC)CCC3(C)C(CCC4C5(C)CCC(=O)C(C)(C)C5CCC43C)C12. The van der Waals surface area contributed by atoms with Gasteiger partial charge in [-0.2, -0.15) is 0 Å². The second kappa shape index (κ2) is 7.45. The summed E-state index contributed by atoms with van der Waals surface area (Å²) in [5.41, 5.74) is 1.45. The molecule has 3 nitrogen and oxygen atoms in total. The Morgan fingerprint density at radius 3 is 2.24 bits per heavy atom. The van der Waals surface area contributed by atoms with E-state index < -0.39 is 0 Å². The second-order valence-corrected chi connectivity index (χ2v) is 14.5. The third kappa shape index (κ3) is 2.76. The highest BCUT2D eigenvalue weighted by molar-refractivity contribution is 5.85. The molecule has 0 saturated heterocycles. The Morgan fingerprint density at radius 1 is 0.882 bits per heavy atom. The van der Waals surface area contributed by atoms with Gasteiger partial charge in [-0.3, -0.25) is 9.59 Å².